The fraction of sp³-hybridized carbons (Fsp3) is 0.277. The molecule has 0 aliphatic carbocycles. The van der Waals surface area contributed by atoms with Gasteiger partial charge in [0.15, 0.2) is 35.1 Å². The van der Waals surface area contributed by atoms with Gasteiger partial charge in [-0.1, -0.05) is 114 Å². The molecule has 4 aromatic carbocycles. The Morgan fingerprint density at radius 3 is 1.82 bits per heavy atom. The molecule has 14 nitrogen and oxygen atoms in total. The zero-order valence-electron chi connectivity index (χ0n) is 34.2. The maximum atomic E-state index is 12.8. The van der Waals surface area contributed by atoms with Gasteiger partial charge in [0.2, 0.25) is 0 Å². The Morgan fingerprint density at radius 1 is 0.623 bits per heavy atom. The number of benzene rings is 4. The normalized spacial score (nSPS) is 15.2. The van der Waals surface area contributed by atoms with E-state index in [1.165, 1.54) is 0 Å². The van der Waals surface area contributed by atoms with Gasteiger partial charge in [-0.2, -0.15) is 4.99 Å². The van der Waals surface area contributed by atoms with Crippen molar-refractivity contribution in [2.45, 2.75) is 32.2 Å². The minimum Gasteiger partial charge on any atom is -0.378 e. The summed E-state index contributed by atoms with van der Waals surface area (Å²) in [6.07, 6.45) is 1.39. The van der Waals surface area contributed by atoms with E-state index in [2.05, 4.69) is 20.3 Å². The van der Waals surface area contributed by atoms with Crippen LogP contribution in [0, 0.1) is 0 Å². The average Bonchev–Trinajstić information content (AvgIpc) is 4.00. The lowest BCUT2D eigenvalue weighted by Gasteiger charge is -2.27. The van der Waals surface area contributed by atoms with Crippen molar-refractivity contribution in [2.75, 3.05) is 52.6 Å². The van der Waals surface area contributed by atoms with E-state index in [9.17, 15) is 9.59 Å². The molecule has 14 heteroatoms. The molecule has 0 bridgehead atoms. The van der Waals surface area contributed by atoms with Gasteiger partial charge >= 0.3 is 0 Å². The first-order valence-corrected chi connectivity index (χ1v) is 20.4. The molecule has 2 fully saturated rings. The highest BCUT2D eigenvalue weighted by molar-refractivity contribution is 6.09. The minimum absolute atomic E-state index is 0.00316. The van der Waals surface area contributed by atoms with Crippen LogP contribution in [0.5, 0.6) is 0 Å². The fourth-order valence-electron chi connectivity index (χ4n) is 6.88. The summed E-state index contributed by atoms with van der Waals surface area (Å²) in [5, 5.41) is 8.21. The van der Waals surface area contributed by atoms with Crippen molar-refractivity contribution in [3.8, 4) is 0 Å². The highest BCUT2D eigenvalue weighted by Gasteiger charge is 2.18. The Morgan fingerprint density at radius 2 is 1.18 bits per heavy atom. The van der Waals surface area contributed by atoms with Gasteiger partial charge in [0.05, 0.1) is 32.1 Å². The number of hydrogen-bond acceptors (Lipinski definition) is 10. The lowest BCUT2D eigenvalue weighted by Crippen LogP contribution is -2.44. The van der Waals surface area contributed by atoms with Crippen molar-refractivity contribution in [3.05, 3.63) is 172 Å². The highest BCUT2D eigenvalue weighted by Crippen LogP contribution is 2.26. The minimum atomic E-state index is -0.0263. The van der Waals surface area contributed by atoms with E-state index in [4.69, 9.17) is 30.0 Å². The molecule has 2 saturated heterocycles. The Kier molecular flexibility index (Phi) is 14.5. The van der Waals surface area contributed by atoms with Gasteiger partial charge in [-0.15, -0.1) is 0 Å². The highest BCUT2D eigenvalue weighted by atomic mass is 16.5. The third kappa shape index (κ3) is 11.6. The molecule has 1 unspecified atom stereocenters. The van der Waals surface area contributed by atoms with E-state index in [0.29, 0.717) is 85.1 Å². The zero-order chi connectivity index (χ0) is 42.4. The molecule has 61 heavy (non-hydrogen) atoms. The molecule has 2 aliphatic rings. The van der Waals surface area contributed by atoms with Crippen LogP contribution in [0.2, 0.25) is 0 Å². The molecule has 1 atom stereocenters. The molecule has 0 saturated carbocycles. The first kappa shape index (κ1) is 42.2. The Balaban J connectivity index is 0.000000184. The summed E-state index contributed by atoms with van der Waals surface area (Å²) in [6, 6.07) is 37.6. The van der Waals surface area contributed by atoms with Crippen LogP contribution < -0.4 is 11.5 Å². The van der Waals surface area contributed by atoms with Crippen molar-refractivity contribution in [1.82, 2.24) is 20.1 Å². The second-order valence-corrected chi connectivity index (χ2v) is 14.7. The van der Waals surface area contributed by atoms with Crippen molar-refractivity contribution in [3.63, 3.8) is 0 Å². The largest absolute Gasteiger partial charge is 0.378 e. The SMILES string of the molecule is CC(c1cccc(C(=O)c2ccccc2)c1)c1cc(CN=C(N)N2CCOCC2)on1.NC(=Nc1cc(CCc2cccc(C(=O)c3ccccc3)c2)on1)N1CCOCC1. The maximum absolute atomic E-state index is 12.8. The monoisotopic (exact) mass is 822 g/mol. The summed E-state index contributed by atoms with van der Waals surface area (Å²) in [4.78, 5) is 38.1. The molecule has 2 aliphatic heterocycles. The van der Waals surface area contributed by atoms with Crippen LogP contribution in [0.4, 0.5) is 5.82 Å². The molecule has 0 radical (unpaired) electrons. The third-order valence-corrected chi connectivity index (χ3v) is 10.4. The third-order valence-electron chi connectivity index (χ3n) is 10.4. The van der Waals surface area contributed by atoms with Crippen LogP contribution in [0.1, 0.15) is 73.0 Å². The number of rotatable bonds is 12. The molecule has 0 amide bonds. The number of aliphatic imine (C=N–C) groups is 2. The summed E-state index contributed by atoms with van der Waals surface area (Å²) in [6.45, 7) is 7.90. The molecule has 6 aromatic rings. The van der Waals surface area contributed by atoms with E-state index in [0.717, 1.165) is 55.2 Å². The topological polar surface area (TPSA) is 188 Å². The van der Waals surface area contributed by atoms with Crippen LogP contribution in [0.25, 0.3) is 0 Å². The predicted octanol–water partition coefficient (Wildman–Crippen LogP) is 6.17. The van der Waals surface area contributed by atoms with Crippen molar-refractivity contribution in [2.24, 2.45) is 21.5 Å². The summed E-state index contributed by atoms with van der Waals surface area (Å²) in [5.41, 5.74) is 17.7. The lowest BCUT2D eigenvalue weighted by molar-refractivity contribution is 0.0674. The number of guanidine groups is 2. The van der Waals surface area contributed by atoms with E-state index in [-0.39, 0.29) is 17.5 Å². The van der Waals surface area contributed by atoms with Gasteiger partial charge in [-0.3, -0.25) is 9.59 Å². The number of aryl methyl sites for hydroxylation is 2. The molecule has 4 heterocycles. The molecular formula is C47H50N8O6. The first-order chi connectivity index (χ1) is 29.8. The Hall–Kier alpha value is -6.90. The molecule has 4 N–H and O–H groups in total. The Labute approximate surface area is 354 Å². The number of aromatic nitrogens is 2. The maximum Gasteiger partial charge on any atom is 0.198 e. The van der Waals surface area contributed by atoms with Crippen LogP contribution in [0.15, 0.2) is 140 Å². The van der Waals surface area contributed by atoms with Crippen LogP contribution in [-0.2, 0) is 28.9 Å². The van der Waals surface area contributed by atoms with Gasteiger partial charge in [0.1, 0.15) is 12.3 Å². The van der Waals surface area contributed by atoms with Gasteiger partial charge in [-0.05, 0) is 29.7 Å². The summed E-state index contributed by atoms with van der Waals surface area (Å²) >= 11 is 0. The van der Waals surface area contributed by atoms with Gasteiger partial charge in [0.25, 0.3) is 0 Å². The van der Waals surface area contributed by atoms with Crippen molar-refractivity contribution < 1.29 is 28.1 Å². The van der Waals surface area contributed by atoms with Gasteiger partial charge < -0.3 is 39.8 Å². The number of carbonyl (C=O) groups is 2. The number of morpholine rings is 2. The first-order valence-electron chi connectivity index (χ1n) is 20.4. The second kappa shape index (κ2) is 20.9. The van der Waals surface area contributed by atoms with Crippen LogP contribution >= 0.6 is 0 Å². The molecule has 8 rings (SSSR count). The predicted molar refractivity (Wildman–Crippen MR) is 232 cm³/mol. The van der Waals surface area contributed by atoms with E-state index in [1.807, 2.05) is 132 Å². The number of hydrogen-bond donors (Lipinski definition) is 2. The molecule has 2 aromatic heterocycles. The van der Waals surface area contributed by atoms with E-state index < -0.39 is 0 Å². The van der Waals surface area contributed by atoms with Crippen molar-refractivity contribution in [1.29, 1.82) is 0 Å². The van der Waals surface area contributed by atoms with E-state index >= 15 is 0 Å². The van der Waals surface area contributed by atoms with E-state index in [1.54, 1.807) is 6.07 Å². The summed E-state index contributed by atoms with van der Waals surface area (Å²) in [7, 11) is 0. The van der Waals surface area contributed by atoms with Crippen LogP contribution in [-0.4, -0.2) is 96.2 Å². The summed E-state index contributed by atoms with van der Waals surface area (Å²) < 4.78 is 21.5. The Bertz CT molecular complexity index is 2420. The molecule has 0 spiro atoms. The number of ketones is 2. The summed E-state index contributed by atoms with van der Waals surface area (Å²) in [5.74, 6) is 2.74. The number of carbonyl (C=O) groups excluding carboxylic acids is 2. The lowest BCUT2D eigenvalue weighted by atomic mass is 9.93. The van der Waals surface area contributed by atoms with Gasteiger partial charge in [-0.25, -0.2) is 4.99 Å². The number of nitrogens with zero attached hydrogens (tertiary/aromatic N) is 6. The smallest absolute Gasteiger partial charge is 0.198 e. The zero-order valence-corrected chi connectivity index (χ0v) is 34.2. The fourth-order valence-corrected chi connectivity index (χ4v) is 6.88. The second-order valence-electron chi connectivity index (χ2n) is 14.7. The standard InChI is InChI=1S/C24H26N4O3.C23H24N4O3/c1-17(19-8-5-9-20(14-19)23(29)18-6-3-2-4-7-18)22-15-21(31-27-22)16-26-24(25)28-10-12-30-13-11-28;24-23(27-11-13-29-14-12-27)25-21-16-20(30-26-21)10-9-17-5-4-8-19(15-17)22(28)18-6-2-1-3-7-18/h2-9,14-15,17H,10-13,16H2,1H3,(H2,25,26);1-8,15-16H,9-14H2,(H2,24,25,26). The number of ether oxygens (including phenoxy) is 2. The van der Waals surface area contributed by atoms with Gasteiger partial charge in [0, 0.05) is 72.9 Å². The van der Waals surface area contributed by atoms with Crippen molar-refractivity contribution >= 4 is 29.3 Å². The number of nitrogens with two attached hydrogens (primary N) is 2. The quantitative estimate of drug-likeness (QED) is 0.0813. The molecular weight excluding hydrogens is 773 g/mol. The average molecular weight is 823 g/mol. The van der Waals surface area contributed by atoms with Crippen LogP contribution in [0.3, 0.4) is 0 Å². The molecule has 314 valence electrons.